The van der Waals surface area contributed by atoms with E-state index < -0.39 is 15.3 Å². The van der Waals surface area contributed by atoms with Crippen molar-refractivity contribution in [2.75, 3.05) is 20.2 Å². The van der Waals surface area contributed by atoms with E-state index in [1.54, 1.807) is 0 Å². The SMILES string of the molecule is COc1ccc(C(=O)N2CCCC(S(N)(=O)=O)C2)cc1O. The van der Waals surface area contributed by atoms with Crippen molar-refractivity contribution in [3.8, 4) is 11.5 Å². The van der Waals surface area contributed by atoms with E-state index in [2.05, 4.69) is 0 Å². The lowest BCUT2D eigenvalue weighted by Gasteiger charge is -2.31. The highest BCUT2D eigenvalue weighted by Gasteiger charge is 2.31. The second-order valence-electron chi connectivity index (χ2n) is 4.99. The van der Waals surface area contributed by atoms with Crippen LogP contribution in [0.3, 0.4) is 0 Å². The van der Waals surface area contributed by atoms with Gasteiger partial charge < -0.3 is 14.7 Å². The Bertz CT molecular complexity index is 644. The topological polar surface area (TPSA) is 110 Å². The number of piperidine rings is 1. The first-order chi connectivity index (χ1) is 9.82. The summed E-state index contributed by atoms with van der Waals surface area (Å²) < 4.78 is 27.7. The van der Waals surface area contributed by atoms with E-state index in [0.29, 0.717) is 19.4 Å². The van der Waals surface area contributed by atoms with Crippen molar-refractivity contribution in [3.63, 3.8) is 0 Å². The second-order valence-corrected chi connectivity index (χ2v) is 6.84. The molecule has 1 fully saturated rings. The third kappa shape index (κ3) is 3.45. The minimum absolute atomic E-state index is 0.0739. The molecule has 1 aliphatic heterocycles. The van der Waals surface area contributed by atoms with E-state index >= 15 is 0 Å². The maximum atomic E-state index is 12.4. The molecule has 1 aromatic carbocycles. The molecule has 2 rings (SSSR count). The van der Waals surface area contributed by atoms with Gasteiger partial charge in [-0.15, -0.1) is 0 Å². The van der Waals surface area contributed by atoms with Crippen molar-refractivity contribution in [1.82, 2.24) is 4.90 Å². The first-order valence-corrected chi connectivity index (χ1v) is 8.11. The van der Waals surface area contributed by atoms with Gasteiger partial charge in [-0.3, -0.25) is 4.79 Å². The largest absolute Gasteiger partial charge is 0.504 e. The van der Waals surface area contributed by atoms with Gasteiger partial charge in [0.05, 0.1) is 12.4 Å². The Labute approximate surface area is 123 Å². The van der Waals surface area contributed by atoms with Crippen LogP contribution >= 0.6 is 0 Å². The molecule has 1 amide bonds. The summed E-state index contributed by atoms with van der Waals surface area (Å²) in [5.41, 5.74) is 0.281. The van der Waals surface area contributed by atoms with Crippen LogP contribution in [0.25, 0.3) is 0 Å². The van der Waals surface area contributed by atoms with Gasteiger partial charge in [0, 0.05) is 18.7 Å². The molecule has 7 nitrogen and oxygen atoms in total. The average Bonchev–Trinajstić information content (AvgIpc) is 2.45. The quantitative estimate of drug-likeness (QED) is 0.833. The van der Waals surface area contributed by atoms with Gasteiger partial charge >= 0.3 is 0 Å². The zero-order valence-electron chi connectivity index (χ0n) is 11.7. The monoisotopic (exact) mass is 314 g/mol. The predicted octanol–water partition coefficient (Wildman–Crippen LogP) is 0.294. The summed E-state index contributed by atoms with van der Waals surface area (Å²) in [5.74, 6) is -0.197. The van der Waals surface area contributed by atoms with Gasteiger partial charge in [-0.05, 0) is 31.0 Å². The molecule has 0 radical (unpaired) electrons. The molecular formula is C13H18N2O5S. The second kappa shape index (κ2) is 5.90. The van der Waals surface area contributed by atoms with E-state index in [0.717, 1.165) is 0 Å². The van der Waals surface area contributed by atoms with Gasteiger partial charge in [0.1, 0.15) is 0 Å². The maximum Gasteiger partial charge on any atom is 0.254 e. The summed E-state index contributed by atoms with van der Waals surface area (Å²) in [6.07, 6.45) is 1.03. The number of aromatic hydroxyl groups is 1. The van der Waals surface area contributed by atoms with Gasteiger partial charge in [0.15, 0.2) is 11.5 Å². The number of hydrogen-bond donors (Lipinski definition) is 2. The molecule has 0 aliphatic carbocycles. The molecule has 0 saturated carbocycles. The van der Waals surface area contributed by atoms with Crippen molar-refractivity contribution in [1.29, 1.82) is 0 Å². The summed E-state index contributed by atoms with van der Waals surface area (Å²) in [6, 6.07) is 4.33. The molecule has 1 aromatic rings. The number of rotatable bonds is 3. The maximum absolute atomic E-state index is 12.4. The Balaban J connectivity index is 2.18. The molecule has 1 atom stereocenters. The van der Waals surface area contributed by atoms with Gasteiger partial charge in [-0.2, -0.15) is 0 Å². The van der Waals surface area contributed by atoms with Crippen LogP contribution in [0.4, 0.5) is 0 Å². The number of nitrogens with two attached hydrogens (primary N) is 1. The number of phenolic OH excluding ortho intramolecular Hbond substituents is 1. The fraction of sp³-hybridized carbons (Fsp3) is 0.462. The smallest absolute Gasteiger partial charge is 0.254 e. The van der Waals surface area contributed by atoms with Crippen molar-refractivity contribution >= 4 is 15.9 Å². The Hall–Kier alpha value is -1.80. The van der Waals surface area contributed by atoms with Crippen molar-refractivity contribution < 1.29 is 23.1 Å². The number of carbonyl (C=O) groups excluding carboxylic acids is 1. The van der Waals surface area contributed by atoms with E-state index in [1.807, 2.05) is 0 Å². The number of methoxy groups -OCH3 is 1. The normalized spacial score (nSPS) is 19.3. The highest BCUT2D eigenvalue weighted by atomic mass is 32.2. The van der Waals surface area contributed by atoms with Crippen molar-refractivity contribution in [3.05, 3.63) is 23.8 Å². The fourth-order valence-electron chi connectivity index (χ4n) is 2.40. The van der Waals surface area contributed by atoms with Gasteiger partial charge in [-0.25, -0.2) is 13.6 Å². The van der Waals surface area contributed by atoms with Crippen molar-refractivity contribution in [2.45, 2.75) is 18.1 Å². The van der Waals surface area contributed by atoms with Crippen LogP contribution in [0.15, 0.2) is 18.2 Å². The van der Waals surface area contributed by atoms with Crippen LogP contribution in [-0.4, -0.2) is 49.8 Å². The highest BCUT2D eigenvalue weighted by molar-refractivity contribution is 7.89. The summed E-state index contributed by atoms with van der Waals surface area (Å²) in [4.78, 5) is 13.8. The zero-order chi connectivity index (χ0) is 15.6. The standard InChI is InChI=1S/C13H18N2O5S/c1-20-12-5-4-9(7-11(12)16)13(17)15-6-2-3-10(8-15)21(14,18)19/h4-5,7,10,16H,2-3,6,8H2,1H3,(H2,14,18,19). The average molecular weight is 314 g/mol. The Morgan fingerprint density at radius 2 is 2.19 bits per heavy atom. The lowest BCUT2D eigenvalue weighted by Crippen LogP contribution is -2.47. The summed E-state index contributed by atoms with van der Waals surface area (Å²) in [5, 5.41) is 14.1. The lowest BCUT2D eigenvalue weighted by molar-refractivity contribution is 0.0726. The van der Waals surface area contributed by atoms with Crippen LogP contribution in [-0.2, 0) is 10.0 Å². The number of phenols is 1. The first-order valence-electron chi connectivity index (χ1n) is 6.51. The zero-order valence-corrected chi connectivity index (χ0v) is 12.5. The molecule has 1 unspecified atom stereocenters. The number of amides is 1. The molecule has 3 N–H and O–H groups in total. The highest BCUT2D eigenvalue weighted by Crippen LogP contribution is 2.27. The number of benzene rings is 1. The molecule has 1 heterocycles. The molecule has 1 aliphatic rings. The van der Waals surface area contributed by atoms with Crippen LogP contribution in [0.1, 0.15) is 23.2 Å². The molecule has 21 heavy (non-hydrogen) atoms. The lowest BCUT2D eigenvalue weighted by atomic mass is 10.1. The molecule has 8 heteroatoms. The number of ether oxygens (including phenoxy) is 1. The number of nitrogens with zero attached hydrogens (tertiary/aromatic N) is 1. The molecule has 116 valence electrons. The number of carbonyl (C=O) groups is 1. The molecular weight excluding hydrogens is 296 g/mol. The number of likely N-dealkylation sites (tertiary alicyclic amines) is 1. The van der Waals surface area contributed by atoms with Crippen molar-refractivity contribution in [2.24, 2.45) is 5.14 Å². The number of sulfonamides is 1. The summed E-state index contributed by atoms with van der Waals surface area (Å²) in [6.45, 7) is 0.544. The summed E-state index contributed by atoms with van der Waals surface area (Å²) in [7, 11) is -2.24. The minimum atomic E-state index is -3.66. The van der Waals surface area contributed by atoms with E-state index in [4.69, 9.17) is 9.88 Å². The van der Waals surface area contributed by atoms with Crippen LogP contribution in [0.2, 0.25) is 0 Å². The van der Waals surface area contributed by atoms with E-state index in [1.165, 1.54) is 30.2 Å². The molecule has 0 spiro atoms. The van der Waals surface area contributed by atoms with Gasteiger partial charge in [-0.1, -0.05) is 0 Å². The first kappa shape index (κ1) is 15.6. The third-order valence-corrected chi connectivity index (χ3v) is 4.87. The van der Waals surface area contributed by atoms with E-state index in [9.17, 15) is 18.3 Å². The molecule has 1 saturated heterocycles. The van der Waals surface area contributed by atoms with Gasteiger partial charge in [0.2, 0.25) is 10.0 Å². The molecule has 0 aromatic heterocycles. The third-order valence-electron chi connectivity index (χ3n) is 3.56. The van der Waals surface area contributed by atoms with Crippen LogP contribution in [0, 0.1) is 0 Å². The Morgan fingerprint density at radius 1 is 1.48 bits per heavy atom. The fourth-order valence-corrected chi connectivity index (χ4v) is 3.28. The van der Waals surface area contributed by atoms with Crippen LogP contribution < -0.4 is 9.88 Å². The van der Waals surface area contributed by atoms with E-state index in [-0.39, 0.29) is 29.5 Å². The molecule has 0 bridgehead atoms. The Morgan fingerprint density at radius 3 is 2.76 bits per heavy atom. The summed E-state index contributed by atoms with van der Waals surface area (Å²) >= 11 is 0. The Kier molecular flexibility index (Phi) is 4.38. The van der Waals surface area contributed by atoms with Crippen LogP contribution in [0.5, 0.6) is 11.5 Å². The number of hydrogen-bond acceptors (Lipinski definition) is 5. The van der Waals surface area contributed by atoms with Gasteiger partial charge in [0.25, 0.3) is 5.91 Å². The minimum Gasteiger partial charge on any atom is -0.504 e. The predicted molar refractivity (Wildman–Crippen MR) is 76.7 cm³/mol. The number of primary sulfonamides is 1.